The molecule has 154 valence electrons. The minimum Gasteiger partial charge on any atom is -0.390 e. The first-order chi connectivity index (χ1) is 15.4. The van der Waals surface area contributed by atoms with Gasteiger partial charge in [0.1, 0.15) is 11.6 Å². The zero-order chi connectivity index (χ0) is 24.0. The van der Waals surface area contributed by atoms with Crippen molar-refractivity contribution >= 4 is 28.5 Å². The van der Waals surface area contributed by atoms with E-state index in [0.29, 0.717) is 23.2 Å². The van der Waals surface area contributed by atoms with Crippen LogP contribution in [0, 0.1) is 6.85 Å². The molecule has 0 bridgehead atoms. The lowest BCUT2D eigenvalue weighted by atomic mass is 9.95. The molecule has 0 aliphatic carbocycles. The van der Waals surface area contributed by atoms with Gasteiger partial charge in [0.05, 0.1) is 11.6 Å². The first-order valence-electron chi connectivity index (χ1n) is 11.4. The number of benzene rings is 1. The van der Waals surface area contributed by atoms with Crippen molar-refractivity contribution in [1.82, 2.24) is 9.97 Å². The third kappa shape index (κ3) is 3.96. The first-order valence-corrected chi connectivity index (χ1v) is 9.89. The number of rotatable bonds is 6. The van der Waals surface area contributed by atoms with Crippen LogP contribution < -0.4 is 4.90 Å². The maximum absolute atomic E-state index is 13.3. The molecular formula is C24H25N3O3. The van der Waals surface area contributed by atoms with Gasteiger partial charge in [-0.15, -0.1) is 0 Å². The normalized spacial score (nSPS) is 18.1. The Kier molecular flexibility index (Phi) is 4.22. The number of anilines is 1. The summed E-state index contributed by atoms with van der Waals surface area (Å²) < 4.78 is 22.8. The molecule has 3 heterocycles. The maximum Gasteiger partial charge on any atom is 0.260 e. The number of carbonyl (C=O) groups excluding carboxylic acids is 2. The van der Waals surface area contributed by atoms with Gasteiger partial charge in [0.15, 0.2) is 5.65 Å². The fourth-order valence-corrected chi connectivity index (χ4v) is 3.74. The van der Waals surface area contributed by atoms with Crippen molar-refractivity contribution in [3.05, 3.63) is 65.4 Å². The number of carbonyl (C=O) groups is 2. The van der Waals surface area contributed by atoms with Crippen molar-refractivity contribution in [2.24, 2.45) is 0 Å². The fraction of sp³-hybridized carbons (Fsp3) is 0.333. The van der Waals surface area contributed by atoms with Gasteiger partial charge >= 0.3 is 0 Å². The van der Waals surface area contributed by atoms with Gasteiger partial charge in [0.25, 0.3) is 5.91 Å². The molecular weight excluding hydrogens is 378 g/mol. The molecule has 0 saturated heterocycles. The number of nitrogens with zero attached hydrogens (tertiary/aromatic N) is 3. The molecule has 2 aromatic heterocycles. The fourth-order valence-electron chi connectivity index (χ4n) is 3.74. The molecule has 1 atom stereocenters. The molecule has 1 aromatic carbocycles. The quantitative estimate of drug-likeness (QED) is 0.665. The third-order valence-electron chi connectivity index (χ3n) is 5.30. The SMILES string of the molecule is [2H]C([2H])([2H])c1ccc2ccc(N3C(=O)c4ccccc4[C@@H]3CC(=O)CCC(C)(C)O)nc2n1. The van der Waals surface area contributed by atoms with Crippen LogP contribution in [0.4, 0.5) is 5.82 Å². The number of hydrogen-bond donors (Lipinski definition) is 1. The van der Waals surface area contributed by atoms with Gasteiger partial charge in [-0.2, -0.15) is 0 Å². The molecule has 4 rings (SSSR count). The predicted molar refractivity (Wildman–Crippen MR) is 115 cm³/mol. The molecule has 1 aliphatic rings. The highest BCUT2D eigenvalue weighted by Crippen LogP contribution is 2.39. The largest absolute Gasteiger partial charge is 0.390 e. The predicted octanol–water partition coefficient (Wildman–Crippen LogP) is 4.15. The van der Waals surface area contributed by atoms with Crippen molar-refractivity contribution < 1.29 is 18.8 Å². The van der Waals surface area contributed by atoms with Crippen molar-refractivity contribution in [2.45, 2.75) is 51.6 Å². The summed E-state index contributed by atoms with van der Waals surface area (Å²) in [7, 11) is 0. The average Bonchev–Trinajstić information content (AvgIpc) is 3.02. The Labute approximate surface area is 179 Å². The van der Waals surface area contributed by atoms with E-state index >= 15 is 0 Å². The highest BCUT2D eigenvalue weighted by Gasteiger charge is 2.39. The second-order valence-electron chi connectivity index (χ2n) is 8.25. The number of aliphatic hydroxyl groups is 1. The highest BCUT2D eigenvalue weighted by atomic mass is 16.3. The molecule has 0 spiro atoms. The van der Waals surface area contributed by atoms with Crippen molar-refractivity contribution in [3.8, 4) is 0 Å². The van der Waals surface area contributed by atoms with E-state index in [4.69, 9.17) is 4.11 Å². The Balaban J connectivity index is 1.72. The Bertz CT molecular complexity index is 1230. The Hall–Kier alpha value is -3.12. The minimum atomic E-state index is -2.37. The molecule has 30 heavy (non-hydrogen) atoms. The van der Waals surface area contributed by atoms with E-state index in [9.17, 15) is 14.7 Å². The summed E-state index contributed by atoms with van der Waals surface area (Å²) in [6.07, 6.45) is 0.602. The third-order valence-corrected chi connectivity index (χ3v) is 5.30. The van der Waals surface area contributed by atoms with E-state index in [1.165, 1.54) is 11.0 Å². The van der Waals surface area contributed by atoms with Crippen LogP contribution in [0.1, 0.15) is 64.9 Å². The van der Waals surface area contributed by atoms with Crippen LogP contribution >= 0.6 is 0 Å². The summed E-state index contributed by atoms with van der Waals surface area (Å²) in [4.78, 5) is 36.2. The van der Waals surface area contributed by atoms with Gasteiger partial charge in [0, 0.05) is 33.6 Å². The van der Waals surface area contributed by atoms with E-state index in [2.05, 4.69) is 9.97 Å². The van der Waals surface area contributed by atoms with Crippen LogP contribution in [-0.2, 0) is 4.79 Å². The van der Waals surface area contributed by atoms with Crippen LogP contribution in [0.3, 0.4) is 0 Å². The van der Waals surface area contributed by atoms with Gasteiger partial charge in [-0.05, 0) is 63.0 Å². The van der Waals surface area contributed by atoms with Gasteiger partial charge in [0.2, 0.25) is 0 Å². The van der Waals surface area contributed by atoms with E-state index < -0.39 is 18.5 Å². The van der Waals surface area contributed by atoms with E-state index in [1.54, 1.807) is 44.2 Å². The zero-order valence-electron chi connectivity index (χ0n) is 19.9. The van der Waals surface area contributed by atoms with Gasteiger partial charge in [-0.1, -0.05) is 18.2 Å². The Morgan fingerprint density at radius 2 is 1.93 bits per heavy atom. The second-order valence-corrected chi connectivity index (χ2v) is 8.25. The lowest BCUT2D eigenvalue weighted by Crippen LogP contribution is -2.30. The molecule has 1 amide bonds. The number of amides is 1. The lowest BCUT2D eigenvalue weighted by Gasteiger charge is -2.25. The summed E-state index contributed by atoms with van der Waals surface area (Å²) >= 11 is 0. The van der Waals surface area contributed by atoms with Crippen LogP contribution in [0.25, 0.3) is 11.0 Å². The van der Waals surface area contributed by atoms with Crippen LogP contribution in [0.15, 0.2) is 48.5 Å². The number of aromatic nitrogens is 2. The van der Waals surface area contributed by atoms with Gasteiger partial charge in [-0.25, -0.2) is 9.97 Å². The maximum atomic E-state index is 13.3. The molecule has 0 saturated carbocycles. The van der Waals surface area contributed by atoms with Crippen molar-refractivity contribution in [2.75, 3.05) is 4.90 Å². The van der Waals surface area contributed by atoms with E-state index in [1.807, 2.05) is 12.1 Å². The molecule has 6 nitrogen and oxygen atoms in total. The second kappa shape index (κ2) is 7.61. The topological polar surface area (TPSA) is 83.4 Å². The first kappa shape index (κ1) is 16.7. The number of fused-ring (bicyclic) bond motifs is 2. The Morgan fingerprint density at radius 1 is 1.17 bits per heavy atom. The van der Waals surface area contributed by atoms with Crippen LogP contribution in [0.5, 0.6) is 0 Å². The molecule has 0 unspecified atom stereocenters. The molecule has 6 heteroatoms. The summed E-state index contributed by atoms with van der Waals surface area (Å²) in [5.41, 5.74) is 0.435. The summed E-state index contributed by atoms with van der Waals surface area (Å²) in [6, 6.07) is 13.1. The van der Waals surface area contributed by atoms with Crippen molar-refractivity contribution in [1.29, 1.82) is 0 Å². The number of ketones is 1. The van der Waals surface area contributed by atoms with Crippen LogP contribution in [-0.4, -0.2) is 32.4 Å². The molecule has 0 fully saturated rings. The number of Topliss-reactive ketones (excluding diaryl/α,β-unsaturated/α-hetero) is 1. The monoisotopic (exact) mass is 406 g/mol. The number of aryl methyl sites for hydroxylation is 1. The summed E-state index contributed by atoms with van der Waals surface area (Å²) in [5, 5.41) is 10.6. The van der Waals surface area contributed by atoms with E-state index in [0.717, 1.165) is 5.56 Å². The average molecular weight is 407 g/mol. The van der Waals surface area contributed by atoms with E-state index in [-0.39, 0.29) is 35.9 Å². The molecule has 1 aliphatic heterocycles. The van der Waals surface area contributed by atoms with Gasteiger partial charge in [-0.3, -0.25) is 14.5 Å². The Morgan fingerprint density at radius 3 is 2.70 bits per heavy atom. The smallest absolute Gasteiger partial charge is 0.260 e. The standard InChI is InChI=1S/C24H25N3O3/c1-15-8-9-16-10-11-21(26-22(16)25-15)27-20(14-17(28)12-13-24(2,3)30)18-6-4-5-7-19(18)23(27)29/h4-11,20,30H,12-14H2,1-3H3/t20-/m0/s1/i1D3. The van der Waals surface area contributed by atoms with Crippen LogP contribution in [0.2, 0.25) is 0 Å². The summed E-state index contributed by atoms with van der Waals surface area (Å²) in [5.74, 6) is -0.0378. The zero-order valence-corrected chi connectivity index (χ0v) is 16.9. The van der Waals surface area contributed by atoms with Crippen molar-refractivity contribution in [3.63, 3.8) is 0 Å². The number of hydrogen-bond acceptors (Lipinski definition) is 5. The molecule has 1 N–H and O–H groups in total. The highest BCUT2D eigenvalue weighted by molar-refractivity contribution is 6.11. The number of pyridine rings is 2. The molecule has 0 radical (unpaired) electrons. The summed E-state index contributed by atoms with van der Waals surface area (Å²) in [6.45, 7) is 0.933. The lowest BCUT2D eigenvalue weighted by molar-refractivity contribution is -0.120. The van der Waals surface area contributed by atoms with Gasteiger partial charge < -0.3 is 5.11 Å². The molecule has 3 aromatic rings. The minimum absolute atomic E-state index is 0.0692.